The smallest absolute Gasteiger partial charge is 0.236 e. The van der Waals surface area contributed by atoms with Crippen molar-refractivity contribution >= 4 is 29.1 Å². The second-order valence-corrected chi connectivity index (χ2v) is 7.90. The van der Waals surface area contributed by atoms with Gasteiger partial charge in [-0.05, 0) is 52.9 Å². The number of carbonyl (C=O) groups excluding carboxylic acids is 1. The molecule has 0 aromatic heterocycles. The molecule has 1 fully saturated rings. The summed E-state index contributed by atoms with van der Waals surface area (Å²) >= 11 is 1.35. The van der Waals surface area contributed by atoms with Crippen molar-refractivity contribution in [3.8, 4) is 11.5 Å². The predicted octanol–water partition coefficient (Wildman–Crippen LogP) is 4.33. The molecule has 0 spiro atoms. The molecule has 1 heterocycles. The number of nitrogens with one attached hydrogen (secondary N) is 1. The van der Waals surface area contributed by atoms with Crippen LogP contribution in [0, 0.1) is 0 Å². The fourth-order valence-electron chi connectivity index (χ4n) is 2.31. The van der Waals surface area contributed by atoms with Gasteiger partial charge in [-0.25, -0.2) is 0 Å². The third kappa shape index (κ3) is 4.95. The largest absolute Gasteiger partial charge is 0.457 e. The zero-order chi connectivity index (χ0) is 18.6. The third-order valence-corrected chi connectivity index (χ3v) is 4.64. The standard InChI is InChI=1S/C20H21N3O2S/c1-20(2,3)15-6-10-17(11-7-15)25-16-8-4-14(5-9-16)12-21-23-19-22-18(24)13-26-19/h4-12H,13H2,1-3H3,(H,22,23,24). The summed E-state index contributed by atoms with van der Waals surface area (Å²) < 4.78 is 5.88. The Hall–Kier alpha value is -2.60. The number of amidine groups is 1. The van der Waals surface area contributed by atoms with Crippen molar-refractivity contribution in [3.63, 3.8) is 0 Å². The van der Waals surface area contributed by atoms with E-state index in [9.17, 15) is 4.79 Å². The van der Waals surface area contributed by atoms with Crippen LogP contribution in [-0.4, -0.2) is 23.0 Å². The van der Waals surface area contributed by atoms with Gasteiger partial charge in [0.25, 0.3) is 0 Å². The van der Waals surface area contributed by atoms with Crippen LogP contribution in [0.25, 0.3) is 0 Å². The van der Waals surface area contributed by atoms with E-state index in [-0.39, 0.29) is 11.3 Å². The minimum atomic E-state index is -0.0408. The normalized spacial score (nSPS) is 16.3. The number of amides is 1. The molecule has 0 atom stereocenters. The van der Waals surface area contributed by atoms with Crippen molar-refractivity contribution < 1.29 is 9.53 Å². The fourth-order valence-corrected chi connectivity index (χ4v) is 2.94. The summed E-state index contributed by atoms with van der Waals surface area (Å²) in [4.78, 5) is 11.1. The number of carbonyl (C=O) groups is 1. The maximum absolute atomic E-state index is 11.1. The molecule has 26 heavy (non-hydrogen) atoms. The molecule has 2 aromatic carbocycles. The molecule has 1 aliphatic heterocycles. The lowest BCUT2D eigenvalue weighted by atomic mass is 9.87. The van der Waals surface area contributed by atoms with Gasteiger partial charge in [-0.2, -0.15) is 5.10 Å². The predicted molar refractivity (Wildman–Crippen MR) is 107 cm³/mol. The van der Waals surface area contributed by atoms with Crippen LogP contribution in [0.1, 0.15) is 31.9 Å². The van der Waals surface area contributed by atoms with E-state index >= 15 is 0 Å². The molecule has 134 valence electrons. The lowest BCUT2D eigenvalue weighted by Crippen LogP contribution is -2.19. The van der Waals surface area contributed by atoms with Crippen molar-refractivity contribution in [2.24, 2.45) is 10.2 Å². The van der Waals surface area contributed by atoms with Gasteiger partial charge in [-0.3, -0.25) is 4.79 Å². The molecule has 5 nitrogen and oxygen atoms in total. The summed E-state index contributed by atoms with van der Waals surface area (Å²) in [6, 6.07) is 15.7. The average Bonchev–Trinajstić information content (AvgIpc) is 3.01. The first-order chi connectivity index (χ1) is 12.4. The first-order valence-corrected chi connectivity index (χ1v) is 9.31. The minimum Gasteiger partial charge on any atom is -0.457 e. The Labute approximate surface area is 157 Å². The van der Waals surface area contributed by atoms with Gasteiger partial charge in [-0.1, -0.05) is 44.7 Å². The maximum atomic E-state index is 11.1. The van der Waals surface area contributed by atoms with Gasteiger partial charge in [0.05, 0.1) is 12.0 Å². The zero-order valence-electron chi connectivity index (χ0n) is 15.0. The van der Waals surface area contributed by atoms with Gasteiger partial charge in [0.2, 0.25) is 5.91 Å². The summed E-state index contributed by atoms with van der Waals surface area (Å²) in [5.41, 5.74) is 2.30. The van der Waals surface area contributed by atoms with Crippen LogP contribution >= 0.6 is 11.8 Å². The van der Waals surface area contributed by atoms with E-state index in [1.54, 1.807) is 6.21 Å². The number of benzene rings is 2. The van der Waals surface area contributed by atoms with Crippen molar-refractivity contribution in [3.05, 3.63) is 59.7 Å². The van der Waals surface area contributed by atoms with E-state index in [0.717, 1.165) is 17.1 Å². The topological polar surface area (TPSA) is 63.1 Å². The van der Waals surface area contributed by atoms with E-state index in [1.807, 2.05) is 36.4 Å². The number of rotatable bonds is 4. The minimum absolute atomic E-state index is 0.0408. The SMILES string of the molecule is CC(C)(C)c1ccc(Oc2ccc(C=NN=C3NC(=O)CS3)cc2)cc1. The molecule has 3 rings (SSSR count). The first-order valence-electron chi connectivity index (χ1n) is 8.32. The Morgan fingerprint density at radius 3 is 2.19 bits per heavy atom. The molecule has 1 saturated heterocycles. The Balaban J connectivity index is 1.60. The molecule has 0 radical (unpaired) electrons. The summed E-state index contributed by atoms with van der Waals surface area (Å²) in [7, 11) is 0. The molecule has 0 bridgehead atoms. The van der Waals surface area contributed by atoms with Crippen LogP contribution in [0.3, 0.4) is 0 Å². The Bertz CT molecular complexity index is 835. The van der Waals surface area contributed by atoms with Crippen LogP contribution in [-0.2, 0) is 10.2 Å². The van der Waals surface area contributed by atoms with Gasteiger partial charge in [0.15, 0.2) is 5.17 Å². The highest BCUT2D eigenvalue weighted by molar-refractivity contribution is 8.15. The van der Waals surface area contributed by atoms with Gasteiger partial charge >= 0.3 is 0 Å². The van der Waals surface area contributed by atoms with Crippen LogP contribution in [0.2, 0.25) is 0 Å². The van der Waals surface area contributed by atoms with Crippen LogP contribution in [0.5, 0.6) is 11.5 Å². The van der Waals surface area contributed by atoms with E-state index < -0.39 is 0 Å². The summed E-state index contributed by atoms with van der Waals surface area (Å²) in [5.74, 6) is 1.92. The zero-order valence-corrected chi connectivity index (χ0v) is 15.8. The van der Waals surface area contributed by atoms with E-state index in [0.29, 0.717) is 10.9 Å². The van der Waals surface area contributed by atoms with Gasteiger partial charge in [0.1, 0.15) is 11.5 Å². The summed E-state index contributed by atoms with van der Waals surface area (Å²) in [6.45, 7) is 6.56. The lowest BCUT2D eigenvalue weighted by Gasteiger charge is -2.19. The van der Waals surface area contributed by atoms with Crippen LogP contribution in [0.15, 0.2) is 58.7 Å². The quantitative estimate of drug-likeness (QED) is 0.646. The Kier molecular flexibility index (Phi) is 5.42. The number of thioether (sulfide) groups is 1. The van der Waals surface area contributed by atoms with E-state index in [4.69, 9.17) is 4.74 Å². The number of ether oxygens (including phenoxy) is 1. The molecular weight excluding hydrogens is 346 g/mol. The van der Waals surface area contributed by atoms with Gasteiger partial charge in [0, 0.05) is 0 Å². The van der Waals surface area contributed by atoms with E-state index in [1.165, 1.54) is 17.3 Å². The molecule has 0 saturated carbocycles. The van der Waals surface area contributed by atoms with Crippen LogP contribution in [0.4, 0.5) is 0 Å². The lowest BCUT2D eigenvalue weighted by molar-refractivity contribution is -0.116. The van der Waals surface area contributed by atoms with E-state index in [2.05, 4.69) is 48.4 Å². The molecule has 2 aromatic rings. The molecule has 1 aliphatic rings. The molecule has 6 heteroatoms. The van der Waals surface area contributed by atoms with Gasteiger partial charge in [-0.15, -0.1) is 5.10 Å². The van der Waals surface area contributed by atoms with Crippen molar-refractivity contribution in [2.45, 2.75) is 26.2 Å². The first kappa shape index (κ1) is 18.2. The number of hydrogen-bond acceptors (Lipinski definition) is 5. The Morgan fingerprint density at radius 1 is 1.04 bits per heavy atom. The molecule has 1 amide bonds. The second kappa shape index (κ2) is 7.74. The van der Waals surface area contributed by atoms with Crippen molar-refractivity contribution in [2.75, 3.05) is 5.75 Å². The molecule has 0 aliphatic carbocycles. The van der Waals surface area contributed by atoms with Crippen molar-refractivity contribution in [1.82, 2.24) is 5.32 Å². The number of nitrogens with zero attached hydrogens (tertiary/aromatic N) is 2. The fraction of sp³-hybridized carbons (Fsp3) is 0.250. The highest BCUT2D eigenvalue weighted by Gasteiger charge is 2.16. The van der Waals surface area contributed by atoms with Crippen molar-refractivity contribution in [1.29, 1.82) is 0 Å². The van der Waals surface area contributed by atoms with Gasteiger partial charge < -0.3 is 10.1 Å². The monoisotopic (exact) mass is 367 g/mol. The Morgan fingerprint density at radius 2 is 1.65 bits per heavy atom. The highest BCUT2D eigenvalue weighted by atomic mass is 32.2. The second-order valence-electron chi connectivity index (χ2n) is 6.93. The summed E-state index contributed by atoms with van der Waals surface area (Å²) in [5, 5.41) is 11.1. The highest BCUT2D eigenvalue weighted by Crippen LogP contribution is 2.27. The summed E-state index contributed by atoms with van der Waals surface area (Å²) in [6.07, 6.45) is 1.64. The average molecular weight is 367 g/mol. The number of hydrogen-bond donors (Lipinski definition) is 1. The van der Waals surface area contributed by atoms with Crippen LogP contribution < -0.4 is 10.1 Å². The molecular formula is C20H21N3O2S. The molecule has 1 N–H and O–H groups in total. The maximum Gasteiger partial charge on any atom is 0.236 e. The third-order valence-electron chi connectivity index (χ3n) is 3.78. The molecule has 0 unspecified atom stereocenters.